The molecule has 0 aliphatic carbocycles. The van der Waals surface area contributed by atoms with Crippen LogP contribution in [0, 0.1) is 0 Å². The van der Waals surface area contributed by atoms with Gasteiger partial charge in [-0.2, -0.15) is 0 Å². The number of benzene rings is 1. The third-order valence-electron chi connectivity index (χ3n) is 3.64. The number of hydrogen-bond donors (Lipinski definition) is 1. The minimum atomic E-state index is 0.347. The quantitative estimate of drug-likeness (QED) is 0.870. The molecule has 0 bridgehead atoms. The van der Waals surface area contributed by atoms with Crippen LogP contribution in [-0.2, 0) is 0 Å². The molecule has 100 valence electrons. The SMILES string of the molecule is CCCOc1ccc(C(C)N2CCC(N)C2)cc1. The van der Waals surface area contributed by atoms with Crippen LogP contribution in [0.5, 0.6) is 5.75 Å². The van der Waals surface area contributed by atoms with Gasteiger partial charge in [-0.1, -0.05) is 19.1 Å². The minimum Gasteiger partial charge on any atom is -0.494 e. The first-order chi connectivity index (χ1) is 8.70. The Morgan fingerprint density at radius 1 is 1.39 bits per heavy atom. The Morgan fingerprint density at radius 2 is 2.11 bits per heavy atom. The lowest BCUT2D eigenvalue weighted by Crippen LogP contribution is -2.28. The molecule has 2 N–H and O–H groups in total. The standard InChI is InChI=1S/C15H24N2O/c1-3-10-18-15-6-4-13(5-7-15)12(2)17-9-8-14(16)11-17/h4-7,12,14H,3,8-11,16H2,1-2H3. The van der Waals surface area contributed by atoms with Crippen LogP contribution in [0.4, 0.5) is 0 Å². The summed E-state index contributed by atoms with van der Waals surface area (Å²) in [6.07, 6.45) is 2.16. The first kappa shape index (κ1) is 13.4. The van der Waals surface area contributed by atoms with Crippen LogP contribution in [-0.4, -0.2) is 30.6 Å². The lowest BCUT2D eigenvalue weighted by Gasteiger charge is -2.24. The van der Waals surface area contributed by atoms with Gasteiger partial charge >= 0.3 is 0 Å². The Labute approximate surface area is 110 Å². The van der Waals surface area contributed by atoms with E-state index in [2.05, 4.69) is 43.0 Å². The van der Waals surface area contributed by atoms with Gasteiger partial charge in [0, 0.05) is 25.2 Å². The molecular formula is C15H24N2O. The van der Waals surface area contributed by atoms with Gasteiger partial charge in [-0.15, -0.1) is 0 Å². The summed E-state index contributed by atoms with van der Waals surface area (Å²) in [6, 6.07) is 9.26. The van der Waals surface area contributed by atoms with Gasteiger partial charge in [0.05, 0.1) is 6.61 Å². The molecule has 0 aromatic heterocycles. The van der Waals surface area contributed by atoms with Gasteiger partial charge in [-0.05, 0) is 37.5 Å². The third-order valence-corrected chi connectivity index (χ3v) is 3.64. The Kier molecular flexibility index (Phi) is 4.61. The molecule has 1 aromatic carbocycles. The largest absolute Gasteiger partial charge is 0.494 e. The number of rotatable bonds is 5. The molecule has 2 atom stereocenters. The summed E-state index contributed by atoms with van der Waals surface area (Å²) in [5.41, 5.74) is 7.30. The number of nitrogens with zero attached hydrogens (tertiary/aromatic N) is 1. The predicted octanol–water partition coefficient (Wildman–Crippen LogP) is 2.57. The Hall–Kier alpha value is -1.06. The molecule has 3 nitrogen and oxygen atoms in total. The average Bonchev–Trinajstić information content (AvgIpc) is 2.83. The van der Waals surface area contributed by atoms with E-state index in [0.717, 1.165) is 38.3 Å². The highest BCUT2D eigenvalue weighted by molar-refractivity contribution is 5.29. The summed E-state index contributed by atoms with van der Waals surface area (Å²) in [4.78, 5) is 2.45. The van der Waals surface area contributed by atoms with E-state index in [1.54, 1.807) is 0 Å². The van der Waals surface area contributed by atoms with E-state index in [-0.39, 0.29) is 0 Å². The summed E-state index contributed by atoms with van der Waals surface area (Å²) < 4.78 is 5.60. The van der Waals surface area contributed by atoms with Crippen LogP contribution in [0.1, 0.15) is 38.3 Å². The second-order valence-electron chi connectivity index (χ2n) is 5.14. The van der Waals surface area contributed by atoms with Crippen LogP contribution < -0.4 is 10.5 Å². The monoisotopic (exact) mass is 248 g/mol. The zero-order chi connectivity index (χ0) is 13.0. The predicted molar refractivity (Wildman–Crippen MR) is 74.8 cm³/mol. The van der Waals surface area contributed by atoms with Gasteiger partial charge < -0.3 is 10.5 Å². The molecule has 1 saturated heterocycles. The third kappa shape index (κ3) is 3.24. The molecule has 0 saturated carbocycles. The fraction of sp³-hybridized carbons (Fsp3) is 0.600. The van der Waals surface area contributed by atoms with Crippen LogP contribution in [0.25, 0.3) is 0 Å². The van der Waals surface area contributed by atoms with E-state index >= 15 is 0 Å². The highest BCUT2D eigenvalue weighted by atomic mass is 16.5. The van der Waals surface area contributed by atoms with Gasteiger partial charge in [0.2, 0.25) is 0 Å². The molecule has 3 heteroatoms. The van der Waals surface area contributed by atoms with Gasteiger partial charge in [0.15, 0.2) is 0 Å². The Morgan fingerprint density at radius 3 is 2.67 bits per heavy atom. The average molecular weight is 248 g/mol. The fourth-order valence-electron chi connectivity index (χ4n) is 2.44. The molecular weight excluding hydrogens is 224 g/mol. The minimum absolute atomic E-state index is 0.347. The van der Waals surface area contributed by atoms with E-state index in [9.17, 15) is 0 Å². The van der Waals surface area contributed by atoms with Crippen LogP contribution >= 0.6 is 0 Å². The lowest BCUT2D eigenvalue weighted by molar-refractivity contribution is 0.259. The van der Waals surface area contributed by atoms with Gasteiger partial charge in [-0.3, -0.25) is 4.90 Å². The molecule has 2 rings (SSSR count). The van der Waals surface area contributed by atoms with Crippen LogP contribution in [0.15, 0.2) is 24.3 Å². The van der Waals surface area contributed by atoms with Crippen molar-refractivity contribution >= 4 is 0 Å². The van der Waals surface area contributed by atoms with E-state index in [1.165, 1.54) is 5.56 Å². The highest BCUT2D eigenvalue weighted by Crippen LogP contribution is 2.25. The Bertz CT molecular complexity index is 363. The second kappa shape index (κ2) is 6.21. The molecule has 0 spiro atoms. The maximum absolute atomic E-state index is 5.96. The van der Waals surface area contributed by atoms with E-state index in [1.807, 2.05) is 0 Å². The maximum Gasteiger partial charge on any atom is 0.119 e. The smallest absolute Gasteiger partial charge is 0.119 e. The van der Waals surface area contributed by atoms with Crippen molar-refractivity contribution in [3.63, 3.8) is 0 Å². The zero-order valence-corrected chi connectivity index (χ0v) is 11.4. The van der Waals surface area contributed by atoms with E-state index < -0.39 is 0 Å². The molecule has 0 radical (unpaired) electrons. The van der Waals surface area contributed by atoms with Crippen molar-refractivity contribution in [2.24, 2.45) is 5.73 Å². The van der Waals surface area contributed by atoms with Crippen molar-refractivity contribution in [3.8, 4) is 5.75 Å². The molecule has 1 aliphatic rings. The maximum atomic E-state index is 5.96. The number of hydrogen-bond acceptors (Lipinski definition) is 3. The summed E-state index contributed by atoms with van der Waals surface area (Å²) in [7, 11) is 0. The van der Waals surface area contributed by atoms with E-state index in [4.69, 9.17) is 10.5 Å². The van der Waals surface area contributed by atoms with Crippen LogP contribution in [0.2, 0.25) is 0 Å². The molecule has 2 unspecified atom stereocenters. The molecule has 1 fully saturated rings. The topological polar surface area (TPSA) is 38.5 Å². The van der Waals surface area contributed by atoms with Crippen LogP contribution in [0.3, 0.4) is 0 Å². The van der Waals surface area contributed by atoms with Crippen molar-refractivity contribution in [1.29, 1.82) is 0 Å². The number of ether oxygens (including phenoxy) is 1. The first-order valence-corrected chi connectivity index (χ1v) is 6.93. The first-order valence-electron chi connectivity index (χ1n) is 6.93. The normalized spacial score (nSPS) is 22.1. The highest BCUT2D eigenvalue weighted by Gasteiger charge is 2.24. The van der Waals surface area contributed by atoms with E-state index in [0.29, 0.717) is 12.1 Å². The summed E-state index contributed by atoms with van der Waals surface area (Å²) >= 11 is 0. The van der Waals surface area contributed by atoms with Crippen molar-refractivity contribution < 1.29 is 4.74 Å². The zero-order valence-electron chi connectivity index (χ0n) is 11.4. The summed E-state index contributed by atoms with van der Waals surface area (Å²) in [5.74, 6) is 0.964. The van der Waals surface area contributed by atoms with Crippen molar-refractivity contribution in [3.05, 3.63) is 29.8 Å². The van der Waals surface area contributed by atoms with Gasteiger partial charge in [0.1, 0.15) is 5.75 Å². The number of likely N-dealkylation sites (tertiary alicyclic amines) is 1. The van der Waals surface area contributed by atoms with Crippen molar-refractivity contribution in [2.45, 2.75) is 38.8 Å². The number of nitrogens with two attached hydrogens (primary N) is 1. The summed E-state index contributed by atoms with van der Waals surface area (Å²) in [6.45, 7) is 7.27. The second-order valence-corrected chi connectivity index (χ2v) is 5.14. The van der Waals surface area contributed by atoms with Gasteiger partial charge in [0.25, 0.3) is 0 Å². The molecule has 1 aromatic rings. The molecule has 1 heterocycles. The fourth-order valence-corrected chi connectivity index (χ4v) is 2.44. The summed E-state index contributed by atoms with van der Waals surface area (Å²) in [5, 5.41) is 0. The van der Waals surface area contributed by atoms with Gasteiger partial charge in [-0.25, -0.2) is 0 Å². The lowest BCUT2D eigenvalue weighted by atomic mass is 10.1. The Balaban J connectivity index is 1.96. The molecule has 18 heavy (non-hydrogen) atoms. The molecule has 0 amide bonds. The molecule has 1 aliphatic heterocycles. The van der Waals surface area contributed by atoms with Crippen molar-refractivity contribution in [1.82, 2.24) is 4.90 Å². The van der Waals surface area contributed by atoms with Crippen molar-refractivity contribution in [2.75, 3.05) is 19.7 Å².